The number of methoxy groups -OCH3 is 4. The molecule has 0 spiro atoms. The van der Waals surface area contributed by atoms with Crippen LogP contribution in [0, 0.1) is 0 Å². The maximum absolute atomic E-state index is 11.5. The van der Waals surface area contributed by atoms with Crippen LogP contribution in [0.2, 0.25) is 0 Å². The summed E-state index contributed by atoms with van der Waals surface area (Å²) in [7, 11) is 5.39. The Kier molecular flexibility index (Phi) is 17.0. The van der Waals surface area contributed by atoms with Gasteiger partial charge in [0.1, 0.15) is 0 Å². The second-order valence-corrected chi connectivity index (χ2v) is 7.73. The lowest BCUT2D eigenvalue weighted by Gasteiger charge is -2.31. The molecule has 0 heterocycles. The van der Waals surface area contributed by atoms with Gasteiger partial charge in [-0.15, -0.1) is 0 Å². The fourth-order valence-electron chi connectivity index (χ4n) is 3.21. The van der Waals surface area contributed by atoms with Crippen molar-refractivity contribution in [3.63, 3.8) is 0 Å². The molecule has 0 aromatic heterocycles. The summed E-state index contributed by atoms with van der Waals surface area (Å²) in [6, 6.07) is 0.0928. The molecule has 0 radical (unpaired) electrons. The third-order valence-corrected chi connectivity index (χ3v) is 5.45. The van der Waals surface area contributed by atoms with Crippen LogP contribution in [0.5, 0.6) is 0 Å². The molecule has 0 aromatic rings. The summed E-state index contributed by atoms with van der Waals surface area (Å²) < 4.78 is 18.9. The molecule has 11 nitrogen and oxygen atoms in total. The van der Waals surface area contributed by atoms with Gasteiger partial charge in [-0.2, -0.15) is 0 Å². The van der Waals surface area contributed by atoms with E-state index >= 15 is 0 Å². The van der Waals surface area contributed by atoms with Crippen LogP contribution in [0.3, 0.4) is 0 Å². The average molecular weight is 476 g/mol. The fourth-order valence-corrected chi connectivity index (χ4v) is 3.21. The monoisotopic (exact) mass is 475 g/mol. The van der Waals surface area contributed by atoms with Gasteiger partial charge in [0, 0.05) is 51.4 Å². The molecule has 0 aliphatic heterocycles. The largest absolute Gasteiger partial charge is 0.469 e. The van der Waals surface area contributed by atoms with Crippen LogP contribution >= 0.6 is 0 Å². The van der Waals surface area contributed by atoms with Crippen LogP contribution < -0.4 is 5.32 Å². The maximum atomic E-state index is 11.5. The summed E-state index contributed by atoms with van der Waals surface area (Å²) in [4.78, 5) is 50.3. The highest BCUT2D eigenvalue weighted by atomic mass is 16.5. The molecule has 0 aliphatic carbocycles. The predicted molar refractivity (Wildman–Crippen MR) is 121 cm³/mol. The van der Waals surface area contributed by atoms with Gasteiger partial charge in [-0.05, 0) is 13.8 Å². The molecule has 0 bridgehead atoms. The Balaban J connectivity index is 4.81. The molecule has 192 valence electrons. The van der Waals surface area contributed by atoms with Crippen molar-refractivity contribution in [2.45, 2.75) is 51.6 Å². The SMILES string of the molecule is COC(=O)CCN(CCC(=O)OC)C(C)CNCC(C)N(CCC(=O)OC)CCC(=O)OC. The lowest BCUT2D eigenvalue weighted by atomic mass is 10.2. The molecule has 0 saturated heterocycles. The highest BCUT2D eigenvalue weighted by molar-refractivity contribution is 5.70. The zero-order chi connectivity index (χ0) is 25.2. The van der Waals surface area contributed by atoms with E-state index in [0.29, 0.717) is 39.3 Å². The van der Waals surface area contributed by atoms with E-state index in [0.717, 1.165) is 0 Å². The van der Waals surface area contributed by atoms with E-state index in [9.17, 15) is 19.2 Å². The number of ether oxygens (including phenoxy) is 4. The number of carbonyl (C=O) groups is 4. The van der Waals surface area contributed by atoms with E-state index in [2.05, 4.69) is 5.32 Å². The number of hydrogen-bond donors (Lipinski definition) is 1. The van der Waals surface area contributed by atoms with Gasteiger partial charge in [0.15, 0.2) is 0 Å². The van der Waals surface area contributed by atoms with E-state index < -0.39 is 0 Å². The summed E-state index contributed by atoms with van der Waals surface area (Å²) in [5.74, 6) is -1.23. The van der Waals surface area contributed by atoms with Gasteiger partial charge in [-0.1, -0.05) is 0 Å². The van der Waals surface area contributed by atoms with E-state index in [1.807, 2.05) is 23.6 Å². The molecule has 0 aromatic carbocycles. The molecule has 2 unspecified atom stereocenters. The van der Waals surface area contributed by atoms with Crippen molar-refractivity contribution < 1.29 is 38.1 Å². The van der Waals surface area contributed by atoms with Crippen molar-refractivity contribution in [3.05, 3.63) is 0 Å². The minimum absolute atomic E-state index is 0.0464. The highest BCUT2D eigenvalue weighted by Crippen LogP contribution is 2.06. The summed E-state index contributed by atoms with van der Waals surface area (Å²) in [5.41, 5.74) is 0. The molecule has 0 fully saturated rings. The van der Waals surface area contributed by atoms with Crippen molar-refractivity contribution in [2.24, 2.45) is 0 Å². The third-order valence-electron chi connectivity index (χ3n) is 5.45. The number of nitrogens with zero attached hydrogens (tertiary/aromatic N) is 2. The Hall–Kier alpha value is -2.24. The van der Waals surface area contributed by atoms with Crippen molar-refractivity contribution >= 4 is 23.9 Å². The van der Waals surface area contributed by atoms with E-state index in [1.165, 1.54) is 28.4 Å². The van der Waals surface area contributed by atoms with Crippen LogP contribution in [0.25, 0.3) is 0 Å². The van der Waals surface area contributed by atoms with Crippen LogP contribution in [0.4, 0.5) is 0 Å². The minimum atomic E-state index is -0.307. The number of esters is 4. The smallest absolute Gasteiger partial charge is 0.306 e. The number of rotatable bonds is 18. The first kappa shape index (κ1) is 30.8. The summed E-state index contributed by atoms with van der Waals surface area (Å²) in [6.07, 6.45) is 0.918. The molecule has 0 rings (SSSR count). The Morgan fingerprint density at radius 1 is 0.576 bits per heavy atom. The van der Waals surface area contributed by atoms with Crippen molar-refractivity contribution in [3.8, 4) is 0 Å². The molecule has 0 amide bonds. The van der Waals surface area contributed by atoms with Gasteiger partial charge in [-0.25, -0.2) is 0 Å². The standard InChI is InChI=1S/C22H41N3O8/c1-17(24(11-7-19(26)30-3)12-8-20(27)31-4)15-23-16-18(2)25(13-9-21(28)32-5)14-10-22(29)33-6/h17-18,23H,7-16H2,1-6H3. The highest BCUT2D eigenvalue weighted by Gasteiger charge is 2.20. The van der Waals surface area contributed by atoms with Crippen LogP contribution in [0.15, 0.2) is 0 Å². The maximum Gasteiger partial charge on any atom is 0.306 e. The number of carbonyl (C=O) groups excluding carboxylic acids is 4. The Morgan fingerprint density at radius 3 is 1.03 bits per heavy atom. The van der Waals surface area contributed by atoms with Gasteiger partial charge in [0.05, 0.1) is 54.1 Å². The third kappa shape index (κ3) is 14.5. The number of nitrogens with one attached hydrogen (secondary N) is 1. The first-order chi connectivity index (χ1) is 15.7. The van der Waals surface area contributed by atoms with E-state index in [4.69, 9.17) is 18.9 Å². The molecular weight excluding hydrogens is 434 g/mol. The molecule has 11 heteroatoms. The lowest BCUT2D eigenvalue weighted by Crippen LogP contribution is -2.47. The first-order valence-electron chi connectivity index (χ1n) is 11.1. The topological polar surface area (TPSA) is 124 Å². The van der Waals surface area contributed by atoms with Gasteiger partial charge in [0.2, 0.25) is 0 Å². The zero-order valence-corrected chi connectivity index (χ0v) is 20.9. The normalized spacial score (nSPS) is 12.8. The van der Waals surface area contributed by atoms with Crippen molar-refractivity contribution in [1.82, 2.24) is 15.1 Å². The van der Waals surface area contributed by atoms with Gasteiger partial charge >= 0.3 is 23.9 Å². The molecule has 0 aliphatic rings. The summed E-state index contributed by atoms with van der Waals surface area (Å²) in [5, 5.41) is 3.40. The van der Waals surface area contributed by atoms with Crippen LogP contribution in [0.1, 0.15) is 39.5 Å². The minimum Gasteiger partial charge on any atom is -0.469 e. The molecule has 2 atom stereocenters. The van der Waals surface area contributed by atoms with Crippen molar-refractivity contribution in [1.29, 1.82) is 0 Å². The van der Waals surface area contributed by atoms with Crippen LogP contribution in [-0.4, -0.2) is 113 Å². The molecule has 0 saturated carbocycles. The average Bonchev–Trinajstić information content (AvgIpc) is 2.82. The summed E-state index contributed by atoms with van der Waals surface area (Å²) >= 11 is 0. The summed E-state index contributed by atoms with van der Waals surface area (Å²) in [6.45, 7) is 7.12. The first-order valence-corrected chi connectivity index (χ1v) is 11.1. The Labute approximate surface area is 197 Å². The van der Waals surface area contributed by atoms with E-state index in [1.54, 1.807) is 0 Å². The lowest BCUT2D eigenvalue weighted by molar-refractivity contribution is -0.143. The molecular formula is C22H41N3O8. The van der Waals surface area contributed by atoms with Gasteiger partial charge in [-0.3, -0.25) is 29.0 Å². The second-order valence-electron chi connectivity index (χ2n) is 7.73. The Morgan fingerprint density at radius 2 is 0.818 bits per heavy atom. The van der Waals surface area contributed by atoms with Gasteiger partial charge in [0.25, 0.3) is 0 Å². The second kappa shape index (κ2) is 18.2. The van der Waals surface area contributed by atoms with Crippen LogP contribution in [-0.2, 0) is 38.1 Å². The Bertz CT molecular complexity index is 512. The fraction of sp³-hybridized carbons (Fsp3) is 0.818. The molecule has 1 N–H and O–H groups in total. The van der Waals surface area contributed by atoms with Crippen molar-refractivity contribution in [2.75, 3.05) is 67.7 Å². The van der Waals surface area contributed by atoms with E-state index in [-0.39, 0.29) is 61.6 Å². The quantitative estimate of drug-likeness (QED) is 0.216. The molecule has 33 heavy (non-hydrogen) atoms. The van der Waals surface area contributed by atoms with Gasteiger partial charge < -0.3 is 24.3 Å². The predicted octanol–water partition coefficient (Wildman–Crippen LogP) is 0.209. The number of hydrogen-bond acceptors (Lipinski definition) is 11. The zero-order valence-electron chi connectivity index (χ0n) is 20.9.